The smallest absolute Gasteiger partial charge is 0.248 e. The van der Waals surface area contributed by atoms with Crippen molar-refractivity contribution in [2.24, 2.45) is 0 Å². The number of nitrogens with one attached hydrogen (secondary N) is 1. The van der Waals surface area contributed by atoms with Crippen LogP contribution in [0.4, 0.5) is 0 Å². The van der Waals surface area contributed by atoms with Gasteiger partial charge in [0.1, 0.15) is 11.0 Å². The molecule has 0 aliphatic carbocycles. The molecule has 2 aromatic heterocycles. The maximum atomic E-state index is 13.3. The first-order valence-electron chi connectivity index (χ1n) is 10.1. The van der Waals surface area contributed by atoms with Crippen LogP contribution in [0.5, 0.6) is 0 Å². The Balaban J connectivity index is 1.54. The van der Waals surface area contributed by atoms with E-state index in [1.54, 1.807) is 17.3 Å². The third-order valence-electron chi connectivity index (χ3n) is 5.26. The highest BCUT2D eigenvalue weighted by Crippen LogP contribution is 2.28. The molecule has 2 amide bonds. The number of benzene rings is 1. The predicted molar refractivity (Wildman–Crippen MR) is 117 cm³/mol. The van der Waals surface area contributed by atoms with Crippen LogP contribution in [0.25, 0.3) is 11.3 Å². The summed E-state index contributed by atoms with van der Waals surface area (Å²) < 4.78 is 0. The van der Waals surface area contributed by atoms with Gasteiger partial charge in [0.05, 0.1) is 11.7 Å². The predicted octanol–water partition coefficient (Wildman–Crippen LogP) is 4.14. The maximum Gasteiger partial charge on any atom is 0.248 e. The second-order valence-corrected chi connectivity index (χ2v) is 8.28. The molecule has 2 unspecified atom stereocenters. The summed E-state index contributed by atoms with van der Waals surface area (Å²) in [6, 6.07) is 12.5. The SMILES string of the molecule is CC(NC(=O)C(c1ccccc1)N1CCCCC1=O)c1nc(-c2ccncc2)cs1. The van der Waals surface area contributed by atoms with E-state index in [0.717, 1.165) is 34.7 Å². The van der Waals surface area contributed by atoms with Gasteiger partial charge in [-0.05, 0) is 37.5 Å². The van der Waals surface area contributed by atoms with Gasteiger partial charge in [0.2, 0.25) is 11.8 Å². The molecule has 0 saturated carbocycles. The molecule has 1 fully saturated rings. The number of nitrogens with zero attached hydrogens (tertiary/aromatic N) is 3. The Kier molecular flexibility index (Phi) is 6.18. The summed E-state index contributed by atoms with van der Waals surface area (Å²) in [7, 11) is 0. The highest BCUT2D eigenvalue weighted by Gasteiger charge is 2.33. The Morgan fingerprint density at radius 1 is 1.13 bits per heavy atom. The number of carbonyl (C=O) groups excluding carboxylic acids is 2. The first-order valence-corrected chi connectivity index (χ1v) is 11.0. The second-order valence-electron chi connectivity index (χ2n) is 7.39. The van der Waals surface area contributed by atoms with Crippen LogP contribution in [0, 0.1) is 0 Å². The average Bonchev–Trinajstić information content (AvgIpc) is 3.27. The first kappa shape index (κ1) is 20.2. The van der Waals surface area contributed by atoms with E-state index < -0.39 is 6.04 Å². The normalized spacial score (nSPS) is 16.2. The number of amides is 2. The van der Waals surface area contributed by atoms with Crippen molar-refractivity contribution in [3.05, 3.63) is 70.8 Å². The molecule has 3 heterocycles. The van der Waals surface area contributed by atoms with Gasteiger partial charge in [0.15, 0.2) is 0 Å². The number of carbonyl (C=O) groups is 2. The van der Waals surface area contributed by atoms with Crippen LogP contribution in [0.1, 0.15) is 48.8 Å². The Labute approximate surface area is 180 Å². The zero-order valence-electron chi connectivity index (χ0n) is 16.8. The van der Waals surface area contributed by atoms with Crippen LogP contribution in [-0.4, -0.2) is 33.2 Å². The van der Waals surface area contributed by atoms with Gasteiger partial charge >= 0.3 is 0 Å². The quantitative estimate of drug-likeness (QED) is 0.650. The lowest BCUT2D eigenvalue weighted by atomic mass is 10.00. The zero-order chi connectivity index (χ0) is 20.9. The van der Waals surface area contributed by atoms with Gasteiger partial charge in [0.25, 0.3) is 0 Å². The van der Waals surface area contributed by atoms with Gasteiger partial charge < -0.3 is 10.2 Å². The molecule has 3 aromatic rings. The van der Waals surface area contributed by atoms with Crippen molar-refractivity contribution in [3.63, 3.8) is 0 Å². The summed E-state index contributed by atoms with van der Waals surface area (Å²) in [5, 5.41) is 5.89. The van der Waals surface area contributed by atoms with E-state index in [1.165, 1.54) is 11.3 Å². The molecule has 0 radical (unpaired) electrons. The van der Waals surface area contributed by atoms with E-state index in [9.17, 15) is 9.59 Å². The third kappa shape index (κ3) is 4.41. The maximum absolute atomic E-state index is 13.3. The molecule has 1 aromatic carbocycles. The van der Waals surface area contributed by atoms with Crippen molar-refractivity contribution in [2.75, 3.05) is 6.54 Å². The summed E-state index contributed by atoms with van der Waals surface area (Å²) in [5.41, 5.74) is 2.69. The Hall–Kier alpha value is -3.06. The van der Waals surface area contributed by atoms with Gasteiger partial charge in [-0.3, -0.25) is 14.6 Å². The first-order chi connectivity index (χ1) is 14.6. The number of likely N-dealkylation sites (tertiary alicyclic amines) is 1. The molecule has 30 heavy (non-hydrogen) atoms. The van der Waals surface area contributed by atoms with Crippen LogP contribution >= 0.6 is 11.3 Å². The Morgan fingerprint density at radius 3 is 2.63 bits per heavy atom. The standard InChI is InChI=1S/C23H24N4O2S/c1-16(23-26-19(15-30-23)17-10-12-24-13-11-17)25-22(29)21(18-7-3-2-4-8-18)27-14-6-5-9-20(27)28/h2-4,7-8,10-13,15-16,21H,5-6,9,14H2,1H3,(H,25,29). The molecule has 1 saturated heterocycles. The van der Waals surface area contributed by atoms with Crippen LogP contribution in [0.15, 0.2) is 60.2 Å². The average molecular weight is 421 g/mol. The van der Waals surface area contributed by atoms with E-state index in [1.807, 2.05) is 54.8 Å². The van der Waals surface area contributed by atoms with E-state index >= 15 is 0 Å². The minimum Gasteiger partial charge on any atom is -0.345 e. The van der Waals surface area contributed by atoms with E-state index in [4.69, 9.17) is 0 Å². The van der Waals surface area contributed by atoms with Gasteiger partial charge in [-0.15, -0.1) is 11.3 Å². The summed E-state index contributed by atoms with van der Waals surface area (Å²) in [6.07, 6.45) is 5.76. The van der Waals surface area contributed by atoms with Crippen LogP contribution in [0.2, 0.25) is 0 Å². The largest absolute Gasteiger partial charge is 0.345 e. The Morgan fingerprint density at radius 2 is 1.90 bits per heavy atom. The lowest BCUT2D eigenvalue weighted by Gasteiger charge is -2.34. The molecule has 1 aliphatic rings. The monoisotopic (exact) mass is 420 g/mol. The van der Waals surface area contributed by atoms with E-state index in [-0.39, 0.29) is 17.9 Å². The number of pyridine rings is 1. The molecule has 1 N–H and O–H groups in total. The lowest BCUT2D eigenvalue weighted by Crippen LogP contribution is -2.46. The van der Waals surface area contributed by atoms with Crippen molar-refractivity contribution < 1.29 is 9.59 Å². The molecule has 7 heteroatoms. The molecule has 0 bridgehead atoms. The van der Waals surface area contributed by atoms with Gasteiger partial charge in [0, 0.05) is 36.3 Å². The number of rotatable bonds is 6. The molecule has 6 nitrogen and oxygen atoms in total. The molecule has 0 spiro atoms. The molecular weight excluding hydrogens is 396 g/mol. The topological polar surface area (TPSA) is 75.2 Å². The highest BCUT2D eigenvalue weighted by molar-refractivity contribution is 7.10. The fourth-order valence-corrected chi connectivity index (χ4v) is 4.54. The van der Waals surface area contributed by atoms with Crippen LogP contribution in [0.3, 0.4) is 0 Å². The lowest BCUT2D eigenvalue weighted by molar-refractivity contribution is -0.143. The van der Waals surface area contributed by atoms with E-state index in [2.05, 4.69) is 15.3 Å². The summed E-state index contributed by atoms with van der Waals surface area (Å²) in [5.74, 6) is -0.142. The summed E-state index contributed by atoms with van der Waals surface area (Å²) in [6.45, 7) is 2.52. The van der Waals surface area contributed by atoms with Crippen LogP contribution < -0.4 is 5.32 Å². The van der Waals surface area contributed by atoms with Gasteiger partial charge in [-0.2, -0.15) is 0 Å². The third-order valence-corrected chi connectivity index (χ3v) is 6.29. The van der Waals surface area contributed by atoms with Crippen molar-refractivity contribution in [3.8, 4) is 11.3 Å². The second kappa shape index (κ2) is 9.17. The minimum absolute atomic E-state index is 0.0344. The number of hydrogen-bond acceptors (Lipinski definition) is 5. The zero-order valence-corrected chi connectivity index (χ0v) is 17.6. The number of piperidine rings is 1. The summed E-state index contributed by atoms with van der Waals surface area (Å²) in [4.78, 5) is 36.3. The highest BCUT2D eigenvalue weighted by atomic mass is 32.1. The molecular formula is C23H24N4O2S. The van der Waals surface area contributed by atoms with Crippen molar-refractivity contribution in [2.45, 2.75) is 38.3 Å². The molecule has 4 rings (SSSR count). The Bertz CT molecular complexity index is 1010. The van der Waals surface area contributed by atoms with Crippen molar-refractivity contribution in [1.29, 1.82) is 0 Å². The van der Waals surface area contributed by atoms with Crippen LogP contribution in [-0.2, 0) is 9.59 Å². The summed E-state index contributed by atoms with van der Waals surface area (Å²) >= 11 is 1.51. The number of hydrogen-bond donors (Lipinski definition) is 1. The van der Waals surface area contributed by atoms with E-state index in [0.29, 0.717) is 13.0 Å². The molecule has 1 aliphatic heterocycles. The fraction of sp³-hybridized carbons (Fsp3) is 0.304. The molecule has 2 atom stereocenters. The van der Waals surface area contributed by atoms with Crippen molar-refractivity contribution in [1.82, 2.24) is 20.2 Å². The number of thiazole rings is 1. The number of aromatic nitrogens is 2. The van der Waals surface area contributed by atoms with Crippen molar-refractivity contribution >= 4 is 23.2 Å². The fourth-order valence-electron chi connectivity index (χ4n) is 3.70. The minimum atomic E-state index is -0.624. The van der Waals surface area contributed by atoms with Gasteiger partial charge in [-0.25, -0.2) is 4.98 Å². The molecule has 154 valence electrons. The van der Waals surface area contributed by atoms with Gasteiger partial charge in [-0.1, -0.05) is 30.3 Å².